The molecule has 2 fully saturated rings. The summed E-state index contributed by atoms with van der Waals surface area (Å²) in [5, 5.41) is 3.08. The summed E-state index contributed by atoms with van der Waals surface area (Å²) in [5.74, 6) is 0.923. The summed E-state index contributed by atoms with van der Waals surface area (Å²) in [6.45, 7) is 0.854. The van der Waals surface area contributed by atoms with Crippen molar-refractivity contribution in [1.29, 1.82) is 0 Å². The van der Waals surface area contributed by atoms with Crippen molar-refractivity contribution >= 4 is 18.5 Å². The molecule has 17 heavy (non-hydrogen) atoms. The zero-order valence-electron chi connectivity index (χ0n) is 9.78. The predicted octanol–water partition coefficient (Wildman–Crippen LogP) is 2.90. The molecule has 3 heteroatoms. The highest BCUT2D eigenvalue weighted by molar-refractivity contribution is 7.80. The highest BCUT2D eigenvalue weighted by Gasteiger charge is 2.53. The summed E-state index contributed by atoms with van der Waals surface area (Å²) in [5.41, 5.74) is 1.18. The van der Waals surface area contributed by atoms with E-state index in [0.29, 0.717) is 11.0 Å². The summed E-state index contributed by atoms with van der Waals surface area (Å²) < 4.78 is 0. The van der Waals surface area contributed by atoms with Gasteiger partial charge in [0.1, 0.15) is 0 Å². The second-order valence-electron chi connectivity index (χ2n) is 5.37. The highest BCUT2D eigenvalue weighted by Crippen LogP contribution is 2.60. The van der Waals surface area contributed by atoms with Crippen molar-refractivity contribution < 1.29 is 4.79 Å². The normalized spacial score (nSPS) is 21.0. The number of nitrogens with one attached hydrogen (secondary N) is 1. The minimum absolute atomic E-state index is 0.0350. The molecule has 0 aromatic heterocycles. The maximum Gasteiger partial charge on any atom is 0.251 e. The van der Waals surface area contributed by atoms with Crippen LogP contribution in [0.3, 0.4) is 0 Å². The third-order valence-electron chi connectivity index (χ3n) is 4.04. The Labute approximate surface area is 107 Å². The minimum Gasteiger partial charge on any atom is -0.351 e. The smallest absolute Gasteiger partial charge is 0.251 e. The Bertz CT molecular complexity index is 449. The molecule has 1 amide bonds. The van der Waals surface area contributed by atoms with E-state index in [1.54, 1.807) is 0 Å². The fraction of sp³-hybridized carbons (Fsp3) is 0.500. The Morgan fingerprint density at radius 2 is 2.18 bits per heavy atom. The van der Waals surface area contributed by atoms with E-state index in [1.807, 2.05) is 24.3 Å². The molecule has 0 bridgehead atoms. The molecular weight excluding hydrogens is 230 g/mol. The van der Waals surface area contributed by atoms with Crippen molar-refractivity contribution in [2.24, 2.45) is 11.3 Å². The molecule has 2 saturated carbocycles. The lowest BCUT2D eigenvalue weighted by Crippen LogP contribution is -2.31. The first-order valence-electron chi connectivity index (χ1n) is 6.27. The molecule has 2 nitrogen and oxygen atoms in total. The largest absolute Gasteiger partial charge is 0.351 e. The molecule has 1 N–H and O–H groups in total. The van der Waals surface area contributed by atoms with Gasteiger partial charge in [-0.25, -0.2) is 0 Å². The number of carbonyl (C=O) groups is 1. The monoisotopic (exact) mass is 247 g/mol. The Balaban J connectivity index is 1.60. The molecule has 0 unspecified atom stereocenters. The Hall–Kier alpha value is -0.960. The van der Waals surface area contributed by atoms with Crippen LogP contribution in [0.4, 0.5) is 0 Å². The minimum atomic E-state index is 0.0350. The molecule has 0 radical (unpaired) electrons. The van der Waals surface area contributed by atoms with Crippen LogP contribution in [0.15, 0.2) is 29.2 Å². The maximum atomic E-state index is 12.0. The number of benzene rings is 1. The lowest BCUT2D eigenvalue weighted by molar-refractivity contribution is 0.0942. The zero-order chi connectivity index (χ0) is 11.9. The molecule has 0 saturated heterocycles. The van der Waals surface area contributed by atoms with Crippen LogP contribution in [0.1, 0.15) is 36.0 Å². The summed E-state index contributed by atoms with van der Waals surface area (Å²) in [6.07, 6.45) is 5.32. The molecule has 2 aliphatic carbocycles. The van der Waals surface area contributed by atoms with Crippen molar-refractivity contribution in [3.05, 3.63) is 29.8 Å². The second-order valence-corrected chi connectivity index (χ2v) is 5.89. The molecule has 0 heterocycles. The SMILES string of the molecule is O=C(NCC1(C2CC2)CC1)c1cccc(S)c1. The molecule has 1 aromatic carbocycles. The highest BCUT2D eigenvalue weighted by atomic mass is 32.1. The van der Waals surface area contributed by atoms with Gasteiger partial charge in [0.15, 0.2) is 0 Å². The molecule has 3 rings (SSSR count). The van der Waals surface area contributed by atoms with E-state index < -0.39 is 0 Å². The van der Waals surface area contributed by atoms with E-state index >= 15 is 0 Å². The van der Waals surface area contributed by atoms with Gasteiger partial charge in [0.2, 0.25) is 0 Å². The second kappa shape index (κ2) is 4.05. The summed E-state index contributed by atoms with van der Waals surface area (Å²) in [6, 6.07) is 7.40. The van der Waals surface area contributed by atoms with Crippen LogP contribution in [-0.2, 0) is 0 Å². The van der Waals surface area contributed by atoms with Crippen molar-refractivity contribution in [1.82, 2.24) is 5.32 Å². The van der Waals surface area contributed by atoms with Crippen LogP contribution in [0, 0.1) is 11.3 Å². The fourth-order valence-electron chi connectivity index (χ4n) is 2.59. The van der Waals surface area contributed by atoms with Gasteiger partial charge in [-0.15, -0.1) is 12.6 Å². The predicted molar refractivity (Wildman–Crippen MR) is 70.4 cm³/mol. The molecule has 0 aliphatic heterocycles. The number of rotatable bonds is 4. The number of thiol groups is 1. The van der Waals surface area contributed by atoms with Gasteiger partial charge in [-0.05, 0) is 55.2 Å². The Morgan fingerprint density at radius 1 is 1.41 bits per heavy atom. The van der Waals surface area contributed by atoms with Crippen molar-refractivity contribution in [2.75, 3.05) is 6.54 Å². The number of hydrogen-bond acceptors (Lipinski definition) is 2. The molecule has 1 aromatic rings. The van der Waals surface area contributed by atoms with Crippen LogP contribution in [0.25, 0.3) is 0 Å². The summed E-state index contributed by atoms with van der Waals surface area (Å²) in [7, 11) is 0. The Morgan fingerprint density at radius 3 is 2.76 bits per heavy atom. The van der Waals surface area contributed by atoms with E-state index in [-0.39, 0.29) is 5.91 Å². The van der Waals surface area contributed by atoms with Crippen LogP contribution < -0.4 is 5.32 Å². The first-order valence-corrected chi connectivity index (χ1v) is 6.72. The van der Waals surface area contributed by atoms with Crippen molar-refractivity contribution in [3.8, 4) is 0 Å². The lowest BCUT2D eigenvalue weighted by Gasteiger charge is -2.15. The van der Waals surface area contributed by atoms with Gasteiger partial charge in [-0.3, -0.25) is 4.79 Å². The van der Waals surface area contributed by atoms with Crippen LogP contribution in [0.5, 0.6) is 0 Å². The van der Waals surface area contributed by atoms with Crippen molar-refractivity contribution in [2.45, 2.75) is 30.6 Å². The quantitative estimate of drug-likeness (QED) is 0.787. The van der Waals surface area contributed by atoms with E-state index in [0.717, 1.165) is 17.4 Å². The number of amides is 1. The van der Waals surface area contributed by atoms with Gasteiger partial charge < -0.3 is 5.32 Å². The van der Waals surface area contributed by atoms with Gasteiger partial charge in [0, 0.05) is 17.0 Å². The van der Waals surface area contributed by atoms with Crippen LogP contribution in [-0.4, -0.2) is 12.5 Å². The van der Waals surface area contributed by atoms with Gasteiger partial charge in [0.05, 0.1) is 0 Å². The van der Waals surface area contributed by atoms with Crippen LogP contribution in [0.2, 0.25) is 0 Å². The average Bonchev–Trinajstić information content (AvgIpc) is 3.15. The third-order valence-corrected chi connectivity index (χ3v) is 4.32. The van der Waals surface area contributed by atoms with Crippen molar-refractivity contribution in [3.63, 3.8) is 0 Å². The lowest BCUT2D eigenvalue weighted by atomic mass is 10.0. The van der Waals surface area contributed by atoms with E-state index in [4.69, 9.17) is 0 Å². The van der Waals surface area contributed by atoms with Crippen LogP contribution >= 0.6 is 12.6 Å². The standard InChI is InChI=1S/C14H17NOS/c16-13(10-2-1-3-12(17)8-10)15-9-14(6-7-14)11-4-5-11/h1-3,8,11,17H,4-7,9H2,(H,15,16). The molecule has 2 aliphatic rings. The average molecular weight is 247 g/mol. The molecule has 0 spiro atoms. The molecular formula is C14H17NOS. The topological polar surface area (TPSA) is 29.1 Å². The zero-order valence-corrected chi connectivity index (χ0v) is 10.7. The van der Waals surface area contributed by atoms with Gasteiger partial charge >= 0.3 is 0 Å². The first-order chi connectivity index (χ1) is 8.20. The van der Waals surface area contributed by atoms with E-state index in [2.05, 4.69) is 17.9 Å². The maximum absolute atomic E-state index is 12.0. The number of hydrogen-bond donors (Lipinski definition) is 2. The van der Waals surface area contributed by atoms with Gasteiger partial charge in [0.25, 0.3) is 5.91 Å². The molecule has 90 valence electrons. The first kappa shape index (κ1) is 11.1. The third kappa shape index (κ3) is 2.34. The van der Waals surface area contributed by atoms with Gasteiger partial charge in [-0.1, -0.05) is 6.07 Å². The summed E-state index contributed by atoms with van der Waals surface area (Å²) in [4.78, 5) is 12.8. The fourth-order valence-corrected chi connectivity index (χ4v) is 2.82. The number of carbonyl (C=O) groups excluding carboxylic acids is 1. The van der Waals surface area contributed by atoms with Gasteiger partial charge in [-0.2, -0.15) is 0 Å². The summed E-state index contributed by atoms with van der Waals surface area (Å²) >= 11 is 4.25. The van der Waals surface area contributed by atoms with E-state index in [9.17, 15) is 4.79 Å². The van der Waals surface area contributed by atoms with E-state index in [1.165, 1.54) is 25.7 Å². The Kier molecular flexibility index (Phi) is 2.66. The molecule has 0 atom stereocenters.